The lowest BCUT2D eigenvalue weighted by atomic mass is 10.3. The summed E-state index contributed by atoms with van der Waals surface area (Å²) in [6.07, 6.45) is 1.64. The molecule has 1 saturated heterocycles. The SMILES string of the molecule is CC1C(C)N1C(=O)c1ccccn1. The van der Waals surface area contributed by atoms with Crippen LogP contribution in [0.4, 0.5) is 0 Å². The van der Waals surface area contributed by atoms with Crippen LogP contribution in [0.2, 0.25) is 0 Å². The fourth-order valence-corrected chi connectivity index (χ4v) is 1.50. The zero-order valence-corrected chi connectivity index (χ0v) is 7.77. The van der Waals surface area contributed by atoms with E-state index < -0.39 is 0 Å². The van der Waals surface area contributed by atoms with E-state index in [0.717, 1.165) is 0 Å². The summed E-state index contributed by atoms with van der Waals surface area (Å²) < 4.78 is 0. The Labute approximate surface area is 77.4 Å². The molecule has 1 fully saturated rings. The van der Waals surface area contributed by atoms with Gasteiger partial charge in [0.2, 0.25) is 0 Å². The smallest absolute Gasteiger partial charge is 0.273 e. The number of carbonyl (C=O) groups is 1. The van der Waals surface area contributed by atoms with Crippen molar-refractivity contribution in [2.24, 2.45) is 0 Å². The summed E-state index contributed by atoms with van der Waals surface area (Å²) in [6, 6.07) is 6.13. The standard InChI is InChI=1S/C10H12N2O/c1-7-8(2)12(7)10(13)9-5-3-4-6-11-9/h3-8H,1-2H3. The van der Waals surface area contributed by atoms with E-state index in [1.165, 1.54) is 0 Å². The minimum atomic E-state index is 0.0422. The second-order valence-electron chi connectivity index (χ2n) is 3.41. The van der Waals surface area contributed by atoms with Gasteiger partial charge < -0.3 is 4.90 Å². The molecule has 3 nitrogen and oxygen atoms in total. The lowest BCUT2D eigenvalue weighted by molar-refractivity contribution is 0.0862. The monoisotopic (exact) mass is 176 g/mol. The van der Waals surface area contributed by atoms with E-state index in [1.54, 1.807) is 12.3 Å². The molecule has 13 heavy (non-hydrogen) atoms. The Balaban J connectivity index is 2.16. The highest BCUT2D eigenvalue weighted by atomic mass is 16.2. The van der Waals surface area contributed by atoms with E-state index in [4.69, 9.17) is 0 Å². The summed E-state index contributed by atoms with van der Waals surface area (Å²) in [6.45, 7) is 4.09. The molecule has 2 unspecified atom stereocenters. The second-order valence-corrected chi connectivity index (χ2v) is 3.41. The van der Waals surface area contributed by atoms with Gasteiger partial charge in [-0.1, -0.05) is 6.07 Å². The molecule has 3 heteroatoms. The van der Waals surface area contributed by atoms with Crippen LogP contribution >= 0.6 is 0 Å². The maximum absolute atomic E-state index is 11.7. The molecule has 0 bridgehead atoms. The fraction of sp³-hybridized carbons (Fsp3) is 0.400. The first-order valence-corrected chi connectivity index (χ1v) is 4.45. The predicted molar refractivity (Wildman–Crippen MR) is 49.3 cm³/mol. The normalized spacial score (nSPS) is 25.8. The van der Waals surface area contributed by atoms with Gasteiger partial charge in [-0.3, -0.25) is 9.78 Å². The fourth-order valence-electron chi connectivity index (χ4n) is 1.50. The molecule has 0 radical (unpaired) electrons. The number of rotatable bonds is 1. The second kappa shape index (κ2) is 2.83. The average Bonchev–Trinajstić information content (AvgIpc) is 2.75. The Morgan fingerprint density at radius 3 is 2.54 bits per heavy atom. The number of hydrogen-bond acceptors (Lipinski definition) is 2. The molecule has 2 atom stereocenters. The number of carbonyl (C=O) groups excluding carboxylic acids is 1. The topological polar surface area (TPSA) is 33.0 Å². The Morgan fingerprint density at radius 1 is 1.38 bits per heavy atom. The van der Waals surface area contributed by atoms with Crippen LogP contribution in [0.15, 0.2) is 24.4 Å². The summed E-state index contributed by atoms with van der Waals surface area (Å²) in [5, 5.41) is 0. The maximum Gasteiger partial charge on any atom is 0.273 e. The number of hydrogen-bond donors (Lipinski definition) is 0. The Hall–Kier alpha value is -1.38. The summed E-state index contributed by atoms with van der Waals surface area (Å²) in [4.78, 5) is 17.5. The molecule has 1 aromatic rings. The summed E-state index contributed by atoms with van der Waals surface area (Å²) >= 11 is 0. The van der Waals surface area contributed by atoms with Gasteiger partial charge in [-0.05, 0) is 26.0 Å². The van der Waals surface area contributed by atoms with Gasteiger partial charge in [-0.15, -0.1) is 0 Å². The van der Waals surface area contributed by atoms with Gasteiger partial charge in [-0.2, -0.15) is 0 Å². The highest BCUT2D eigenvalue weighted by Gasteiger charge is 2.44. The molecule has 68 valence electrons. The zero-order valence-electron chi connectivity index (χ0n) is 7.77. The van der Waals surface area contributed by atoms with E-state index in [2.05, 4.69) is 4.98 Å². The third-order valence-corrected chi connectivity index (χ3v) is 2.60. The molecule has 0 saturated carbocycles. The maximum atomic E-state index is 11.7. The molecule has 2 rings (SSSR count). The first-order chi connectivity index (χ1) is 6.22. The van der Waals surface area contributed by atoms with Crippen molar-refractivity contribution in [3.63, 3.8) is 0 Å². The van der Waals surface area contributed by atoms with Crippen molar-refractivity contribution >= 4 is 5.91 Å². The molecule has 1 amide bonds. The number of nitrogens with zero attached hydrogens (tertiary/aromatic N) is 2. The van der Waals surface area contributed by atoms with E-state index in [9.17, 15) is 4.79 Å². The van der Waals surface area contributed by atoms with Gasteiger partial charge >= 0.3 is 0 Å². The first-order valence-electron chi connectivity index (χ1n) is 4.45. The third-order valence-electron chi connectivity index (χ3n) is 2.60. The quantitative estimate of drug-likeness (QED) is 0.604. The van der Waals surface area contributed by atoms with Crippen LogP contribution in [-0.4, -0.2) is 27.9 Å². The van der Waals surface area contributed by atoms with Crippen LogP contribution < -0.4 is 0 Å². The molecule has 0 N–H and O–H groups in total. The van der Waals surface area contributed by atoms with E-state index in [0.29, 0.717) is 17.8 Å². The van der Waals surface area contributed by atoms with E-state index in [1.807, 2.05) is 30.9 Å². The van der Waals surface area contributed by atoms with Crippen LogP contribution in [0.3, 0.4) is 0 Å². The van der Waals surface area contributed by atoms with Crippen LogP contribution in [0.1, 0.15) is 24.3 Å². The van der Waals surface area contributed by atoms with Crippen molar-refractivity contribution in [2.45, 2.75) is 25.9 Å². The minimum Gasteiger partial charge on any atom is -0.328 e. The van der Waals surface area contributed by atoms with Gasteiger partial charge in [0.25, 0.3) is 5.91 Å². The van der Waals surface area contributed by atoms with Crippen molar-refractivity contribution in [2.75, 3.05) is 0 Å². The molecule has 0 aliphatic carbocycles. The van der Waals surface area contributed by atoms with Crippen LogP contribution in [0.25, 0.3) is 0 Å². The first kappa shape index (κ1) is 8.23. The van der Waals surface area contributed by atoms with Crippen molar-refractivity contribution in [3.05, 3.63) is 30.1 Å². The number of amides is 1. The van der Waals surface area contributed by atoms with E-state index in [-0.39, 0.29) is 5.91 Å². The Bertz CT molecular complexity index is 315. The Kier molecular flexibility index (Phi) is 1.79. The van der Waals surface area contributed by atoms with Gasteiger partial charge in [0.1, 0.15) is 5.69 Å². The van der Waals surface area contributed by atoms with Gasteiger partial charge in [0.05, 0.1) is 0 Å². The van der Waals surface area contributed by atoms with Crippen molar-refractivity contribution < 1.29 is 4.79 Å². The molecule has 0 spiro atoms. The lowest BCUT2D eigenvalue weighted by Gasteiger charge is -2.01. The van der Waals surface area contributed by atoms with Crippen molar-refractivity contribution in [3.8, 4) is 0 Å². The van der Waals surface area contributed by atoms with Crippen molar-refractivity contribution in [1.29, 1.82) is 0 Å². The molecule has 1 aromatic heterocycles. The minimum absolute atomic E-state index is 0.0422. The average molecular weight is 176 g/mol. The van der Waals surface area contributed by atoms with Gasteiger partial charge in [0, 0.05) is 18.3 Å². The molecular weight excluding hydrogens is 164 g/mol. The highest BCUT2D eigenvalue weighted by Crippen LogP contribution is 2.28. The van der Waals surface area contributed by atoms with Crippen LogP contribution in [0, 0.1) is 0 Å². The number of pyridine rings is 1. The summed E-state index contributed by atoms with van der Waals surface area (Å²) in [5.74, 6) is 0.0422. The zero-order chi connectivity index (χ0) is 9.42. The van der Waals surface area contributed by atoms with E-state index >= 15 is 0 Å². The van der Waals surface area contributed by atoms with Crippen LogP contribution in [-0.2, 0) is 0 Å². The molecule has 0 aromatic carbocycles. The number of aromatic nitrogens is 1. The predicted octanol–water partition coefficient (Wildman–Crippen LogP) is 1.31. The van der Waals surface area contributed by atoms with Gasteiger partial charge in [-0.25, -0.2) is 0 Å². The molecule has 1 aliphatic heterocycles. The van der Waals surface area contributed by atoms with Crippen LogP contribution in [0.5, 0.6) is 0 Å². The molecule has 1 aliphatic rings. The van der Waals surface area contributed by atoms with Gasteiger partial charge in [0.15, 0.2) is 0 Å². The lowest BCUT2D eigenvalue weighted by Crippen LogP contribution is -2.15. The Morgan fingerprint density at radius 2 is 2.08 bits per heavy atom. The molecule has 2 heterocycles. The third kappa shape index (κ3) is 1.30. The molecular formula is C10H12N2O. The summed E-state index contributed by atoms with van der Waals surface area (Å²) in [5.41, 5.74) is 0.540. The largest absolute Gasteiger partial charge is 0.328 e. The highest BCUT2D eigenvalue weighted by molar-refractivity contribution is 5.94. The van der Waals surface area contributed by atoms with Crippen molar-refractivity contribution in [1.82, 2.24) is 9.88 Å². The summed E-state index contributed by atoms with van der Waals surface area (Å²) in [7, 11) is 0.